The van der Waals surface area contributed by atoms with Gasteiger partial charge in [0.15, 0.2) is 11.2 Å². The van der Waals surface area contributed by atoms with Crippen LogP contribution in [0.4, 0.5) is 0 Å². The first-order valence-electron chi connectivity index (χ1n) is 20.8. The molecule has 0 saturated carbocycles. The lowest BCUT2D eigenvalue weighted by molar-refractivity contribution is 0.619. The van der Waals surface area contributed by atoms with Gasteiger partial charge in [-0.1, -0.05) is 123 Å². The normalized spacial score (nSPS) is 12.9. The number of fused-ring (bicyclic) bond motifs is 6. The number of rotatable bonds is 6. The Bertz CT molecular complexity index is 3300. The van der Waals surface area contributed by atoms with Crippen molar-refractivity contribution in [3.63, 3.8) is 0 Å². The van der Waals surface area contributed by atoms with E-state index in [0.717, 1.165) is 61.1 Å². The van der Waals surface area contributed by atoms with E-state index < -0.39 is 0 Å². The summed E-state index contributed by atoms with van der Waals surface area (Å²) < 4.78 is 12.3. The first-order valence-corrected chi connectivity index (χ1v) is 20.8. The van der Waals surface area contributed by atoms with Crippen LogP contribution in [0, 0.1) is 0 Å². The van der Waals surface area contributed by atoms with Crippen LogP contribution in [0.15, 0.2) is 203 Å². The second-order valence-corrected chi connectivity index (χ2v) is 16.6. The Morgan fingerprint density at radius 2 is 0.836 bits per heavy atom. The van der Waals surface area contributed by atoms with Gasteiger partial charge in [-0.3, -0.25) is 0 Å². The van der Waals surface area contributed by atoms with Gasteiger partial charge in [0.1, 0.15) is 11.0 Å². The van der Waals surface area contributed by atoms with Crippen LogP contribution in [0.2, 0.25) is 0 Å². The summed E-state index contributed by atoms with van der Waals surface area (Å²) in [5.74, 6) is 1.23. The van der Waals surface area contributed by atoms with E-state index in [9.17, 15) is 0 Å². The monoisotopic (exact) mass is 782 g/mol. The minimum atomic E-state index is -0.0864. The number of oxazole rings is 2. The van der Waals surface area contributed by atoms with Crippen molar-refractivity contribution in [3.8, 4) is 78.5 Å². The zero-order chi connectivity index (χ0) is 40.7. The molecule has 61 heavy (non-hydrogen) atoms. The summed E-state index contributed by atoms with van der Waals surface area (Å²) in [6.07, 6.45) is 0. The smallest absolute Gasteiger partial charge is 0.227 e. The van der Waals surface area contributed by atoms with E-state index in [1.807, 2.05) is 48.5 Å². The van der Waals surface area contributed by atoms with Gasteiger partial charge >= 0.3 is 0 Å². The highest BCUT2D eigenvalue weighted by Crippen LogP contribution is 2.50. The van der Waals surface area contributed by atoms with Gasteiger partial charge in [-0.25, -0.2) is 9.97 Å². The molecule has 0 unspecified atom stereocenters. The van der Waals surface area contributed by atoms with Gasteiger partial charge in [-0.2, -0.15) is 0 Å². The van der Waals surface area contributed by atoms with Crippen molar-refractivity contribution in [3.05, 3.63) is 205 Å². The van der Waals surface area contributed by atoms with Gasteiger partial charge in [-0.15, -0.1) is 0 Å². The summed E-state index contributed by atoms with van der Waals surface area (Å²) in [6.45, 7) is 4.69. The number of aromatic nitrogens is 2. The fraction of sp³-hybridized carbons (Fsp3) is 0.0526. The van der Waals surface area contributed by atoms with Crippen LogP contribution in [0.5, 0.6) is 0 Å². The molecule has 0 radical (unpaired) electrons. The maximum atomic E-state index is 6.13. The van der Waals surface area contributed by atoms with Crippen LogP contribution in [0.1, 0.15) is 25.0 Å². The number of hydrogen-bond donors (Lipinski definition) is 0. The molecule has 0 fully saturated rings. The summed E-state index contributed by atoms with van der Waals surface area (Å²) >= 11 is 0. The first kappa shape index (κ1) is 35.2. The molecule has 0 N–H and O–H groups in total. The third-order valence-electron chi connectivity index (χ3n) is 12.5. The Morgan fingerprint density at radius 1 is 0.344 bits per heavy atom. The topological polar surface area (TPSA) is 52.1 Å². The van der Waals surface area contributed by atoms with Gasteiger partial charge in [-0.05, 0) is 162 Å². The average molecular weight is 783 g/mol. The average Bonchev–Trinajstić information content (AvgIpc) is 4.02. The molecule has 1 aliphatic carbocycles. The SMILES string of the molecule is CC1(C)c2ccccc2-c2ccc(-c3cc(-c4cc(-c5ccc(-c6nc7ccccc7o6)cc5)cc(-c5ccc(-c6nc7ccccc7o6)cc5)c4)c4ccccc4c3)cc21. The fourth-order valence-electron chi connectivity index (χ4n) is 9.32. The van der Waals surface area contributed by atoms with E-state index in [4.69, 9.17) is 18.8 Å². The highest BCUT2D eigenvalue weighted by Gasteiger charge is 2.35. The number of nitrogens with zero attached hydrogens (tertiary/aromatic N) is 2. The van der Waals surface area contributed by atoms with Crippen molar-refractivity contribution in [2.24, 2.45) is 0 Å². The highest BCUT2D eigenvalue weighted by atomic mass is 16.4. The number of para-hydroxylation sites is 4. The van der Waals surface area contributed by atoms with Crippen LogP contribution >= 0.6 is 0 Å². The Kier molecular flexibility index (Phi) is 7.85. The van der Waals surface area contributed by atoms with E-state index in [1.165, 1.54) is 49.7 Å². The maximum Gasteiger partial charge on any atom is 0.227 e. The van der Waals surface area contributed by atoms with E-state index in [2.05, 4.69) is 159 Å². The Morgan fingerprint density at radius 3 is 1.48 bits per heavy atom. The molecule has 12 rings (SSSR count). The molecule has 0 atom stereocenters. The van der Waals surface area contributed by atoms with Gasteiger partial charge in [0.2, 0.25) is 11.8 Å². The minimum absolute atomic E-state index is 0.0864. The first-order chi connectivity index (χ1) is 29.9. The van der Waals surface area contributed by atoms with E-state index >= 15 is 0 Å². The van der Waals surface area contributed by atoms with Gasteiger partial charge in [0.05, 0.1) is 0 Å². The molecule has 288 valence electrons. The van der Waals surface area contributed by atoms with Crippen LogP contribution in [0.3, 0.4) is 0 Å². The Labute approximate surface area is 353 Å². The van der Waals surface area contributed by atoms with Gasteiger partial charge in [0.25, 0.3) is 0 Å². The zero-order valence-corrected chi connectivity index (χ0v) is 33.7. The largest absolute Gasteiger partial charge is 0.436 e. The van der Waals surface area contributed by atoms with E-state index in [1.54, 1.807) is 0 Å². The summed E-state index contributed by atoms with van der Waals surface area (Å²) in [5.41, 5.74) is 19.6. The molecule has 0 amide bonds. The highest BCUT2D eigenvalue weighted by molar-refractivity contribution is 6.02. The lowest BCUT2D eigenvalue weighted by atomic mass is 9.81. The van der Waals surface area contributed by atoms with E-state index in [-0.39, 0.29) is 5.41 Å². The Hall–Kier alpha value is -7.82. The molecule has 11 aromatic rings. The lowest BCUT2D eigenvalue weighted by Crippen LogP contribution is -2.14. The van der Waals surface area contributed by atoms with Crippen molar-refractivity contribution < 1.29 is 8.83 Å². The molecule has 0 bridgehead atoms. The van der Waals surface area contributed by atoms with Crippen LogP contribution < -0.4 is 0 Å². The molecule has 4 nitrogen and oxygen atoms in total. The number of benzene rings is 9. The molecule has 2 aromatic heterocycles. The Balaban J connectivity index is 0.997. The quantitative estimate of drug-likeness (QED) is 0.169. The van der Waals surface area contributed by atoms with Crippen LogP contribution in [0.25, 0.3) is 112 Å². The van der Waals surface area contributed by atoms with Crippen molar-refractivity contribution in [2.45, 2.75) is 19.3 Å². The zero-order valence-electron chi connectivity index (χ0n) is 33.7. The van der Waals surface area contributed by atoms with Crippen LogP contribution in [-0.2, 0) is 5.41 Å². The van der Waals surface area contributed by atoms with Gasteiger partial charge < -0.3 is 8.83 Å². The van der Waals surface area contributed by atoms with Crippen LogP contribution in [-0.4, -0.2) is 9.97 Å². The van der Waals surface area contributed by atoms with Gasteiger partial charge in [0, 0.05) is 16.5 Å². The third kappa shape index (κ3) is 5.90. The standard InChI is InChI=1S/C57H38N2O2/c1-57(2)49-14-6-5-13-46(49)47-28-27-39(34-50(47)57)43-29-40-11-3-4-12-45(40)48(33-43)44-31-41(35-19-23-37(24-20-35)55-58-51-15-7-9-17-53(51)60-55)30-42(32-44)36-21-25-38(26-22-36)56-59-52-16-8-10-18-54(52)61-56/h3-34H,1-2H3. The molecule has 9 aromatic carbocycles. The number of hydrogen-bond acceptors (Lipinski definition) is 4. The summed E-state index contributed by atoms with van der Waals surface area (Å²) in [6, 6.07) is 69.2. The molecular weight excluding hydrogens is 745 g/mol. The van der Waals surface area contributed by atoms with Crippen molar-refractivity contribution in [2.75, 3.05) is 0 Å². The summed E-state index contributed by atoms with van der Waals surface area (Å²) in [4.78, 5) is 9.51. The molecular formula is C57H38N2O2. The van der Waals surface area contributed by atoms with Crippen molar-refractivity contribution in [1.82, 2.24) is 9.97 Å². The van der Waals surface area contributed by atoms with Crippen molar-refractivity contribution in [1.29, 1.82) is 0 Å². The third-order valence-corrected chi connectivity index (χ3v) is 12.5. The molecule has 2 heterocycles. The predicted molar refractivity (Wildman–Crippen MR) is 249 cm³/mol. The summed E-state index contributed by atoms with van der Waals surface area (Å²) in [5, 5.41) is 2.41. The van der Waals surface area contributed by atoms with E-state index in [0.29, 0.717) is 11.8 Å². The second kappa shape index (κ2) is 13.6. The lowest BCUT2D eigenvalue weighted by Gasteiger charge is -2.22. The minimum Gasteiger partial charge on any atom is -0.436 e. The molecule has 0 aliphatic heterocycles. The predicted octanol–water partition coefficient (Wildman–Crippen LogP) is 15.4. The molecule has 1 aliphatic rings. The second-order valence-electron chi connectivity index (χ2n) is 16.6. The fourth-order valence-corrected chi connectivity index (χ4v) is 9.32. The molecule has 4 heteroatoms. The van der Waals surface area contributed by atoms with Crippen molar-refractivity contribution >= 4 is 33.0 Å². The summed E-state index contributed by atoms with van der Waals surface area (Å²) in [7, 11) is 0. The maximum absolute atomic E-state index is 6.13. The molecule has 0 saturated heterocycles. The molecule has 0 spiro atoms.